The molecule has 1 saturated carbocycles. The lowest BCUT2D eigenvalue weighted by Crippen LogP contribution is -2.21. The Morgan fingerprint density at radius 1 is 1.20 bits per heavy atom. The Morgan fingerprint density at radius 2 is 1.80 bits per heavy atom. The standard InChI is InChI=1S/C14H26O/c1-11(15)8-12-6-5-7-13(9-12)10-14(2,3)4/h12-13H,5-10H2,1-4H3. The van der Waals surface area contributed by atoms with Crippen molar-refractivity contribution in [3.8, 4) is 0 Å². The summed E-state index contributed by atoms with van der Waals surface area (Å²) in [5.41, 5.74) is 0.447. The van der Waals surface area contributed by atoms with Crippen LogP contribution in [0.5, 0.6) is 0 Å². The van der Waals surface area contributed by atoms with Crippen LogP contribution in [0, 0.1) is 17.3 Å². The Morgan fingerprint density at radius 3 is 2.33 bits per heavy atom. The van der Waals surface area contributed by atoms with Gasteiger partial charge in [0, 0.05) is 6.42 Å². The van der Waals surface area contributed by atoms with Crippen LogP contribution in [0.2, 0.25) is 0 Å². The summed E-state index contributed by atoms with van der Waals surface area (Å²) in [5, 5.41) is 0. The van der Waals surface area contributed by atoms with Gasteiger partial charge in [0.1, 0.15) is 5.78 Å². The van der Waals surface area contributed by atoms with E-state index in [1.54, 1.807) is 6.92 Å². The Hall–Kier alpha value is -0.330. The summed E-state index contributed by atoms with van der Waals surface area (Å²) >= 11 is 0. The first-order chi connectivity index (χ1) is 6.87. The number of Topliss-reactive ketones (excluding diaryl/α,β-unsaturated/α-hetero) is 1. The maximum absolute atomic E-state index is 11.1. The molecule has 0 heterocycles. The largest absolute Gasteiger partial charge is 0.300 e. The van der Waals surface area contributed by atoms with E-state index in [2.05, 4.69) is 20.8 Å². The molecule has 1 nitrogen and oxygen atoms in total. The van der Waals surface area contributed by atoms with Gasteiger partial charge in [-0.1, -0.05) is 40.0 Å². The Bertz CT molecular complexity index is 212. The molecule has 0 amide bonds. The maximum Gasteiger partial charge on any atom is 0.130 e. The second-order valence-corrected chi connectivity index (χ2v) is 6.57. The van der Waals surface area contributed by atoms with Gasteiger partial charge in [-0.05, 0) is 37.0 Å². The van der Waals surface area contributed by atoms with Gasteiger partial charge in [-0.25, -0.2) is 0 Å². The highest BCUT2D eigenvalue weighted by molar-refractivity contribution is 5.75. The molecule has 2 atom stereocenters. The van der Waals surface area contributed by atoms with E-state index < -0.39 is 0 Å². The number of carbonyl (C=O) groups is 1. The quantitative estimate of drug-likeness (QED) is 0.682. The molecule has 88 valence electrons. The van der Waals surface area contributed by atoms with Crippen LogP contribution in [0.3, 0.4) is 0 Å². The maximum atomic E-state index is 11.1. The average Bonchev–Trinajstić information content (AvgIpc) is 1.99. The molecule has 1 fully saturated rings. The Balaban J connectivity index is 2.38. The van der Waals surface area contributed by atoms with Crippen molar-refractivity contribution in [2.45, 2.75) is 66.2 Å². The zero-order chi connectivity index (χ0) is 11.5. The smallest absolute Gasteiger partial charge is 0.130 e. The zero-order valence-electron chi connectivity index (χ0n) is 10.8. The fourth-order valence-corrected chi connectivity index (χ4v) is 3.05. The molecule has 0 bridgehead atoms. The molecular formula is C14H26O. The summed E-state index contributed by atoms with van der Waals surface area (Å²) < 4.78 is 0. The third-order valence-electron chi connectivity index (χ3n) is 3.37. The van der Waals surface area contributed by atoms with Gasteiger partial charge in [0.25, 0.3) is 0 Å². The SMILES string of the molecule is CC(=O)CC1CCCC(CC(C)(C)C)C1. The summed E-state index contributed by atoms with van der Waals surface area (Å²) in [6.07, 6.45) is 7.42. The summed E-state index contributed by atoms with van der Waals surface area (Å²) in [4.78, 5) is 11.1. The lowest BCUT2D eigenvalue weighted by atomic mass is 9.73. The van der Waals surface area contributed by atoms with Crippen molar-refractivity contribution >= 4 is 5.78 Å². The lowest BCUT2D eigenvalue weighted by molar-refractivity contribution is -0.118. The van der Waals surface area contributed by atoms with Gasteiger partial charge >= 0.3 is 0 Å². The van der Waals surface area contributed by atoms with Gasteiger partial charge in [-0.3, -0.25) is 0 Å². The molecule has 0 saturated heterocycles. The Labute approximate surface area is 94.6 Å². The van der Waals surface area contributed by atoms with Gasteiger partial charge in [0.15, 0.2) is 0 Å². The van der Waals surface area contributed by atoms with Crippen LogP contribution in [-0.2, 0) is 4.79 Å². The molecule has 1 aliphatic carbocycles. The molecule has 0 aromatic carbocycles. The first-order valence-electron chi connectivity index (χ1n) is 6.36. The predicted molar refractivity (Wildman–Crippen MR) is 64.8 cm³/mol. The van der Waals surface area contributed by atoms with Crippen LogP contribution in [0.1, 0.15) is 66.2 Å². The minimum absolute atomic E-state index is 0.372. The zero-order valence-corrected chi connectivity index (χ0v) is 10.8. The number of hydrogen-bond acceptors (Lipinski definition) is 1. The molecular weight excluding hydrogens is 184 g/mol. The highest BCUT2D eigenvalue weighted by atomic mass is 16.1. The van der Waals surface area contributed by atoms with Gasteiger partial charge in [-0.2, -0.15) is 0 Å². The fourth-order valence-electron chi connectivity index (χ4n) is 3.05. The molecule has 0 N–H and O–H groups in total. The molecule has 0 aliphatic heterocycles. The second-order valence-electron chi connectivity index (χ2n) is 6.57. The van der Waals surface area contributed by atoms with Gasteiger partial charge in [0.2, 0.25) is 0 Å². The van der Waals surface area contributed by atoms with E-state index in [9.17, 15) is 4.79 Å². The molecule has 1 aliphatic rings. The first-order valence-corrected chi connectivity index (χ1v) is 6.36. The van der Waals surface area contributed by atoms with E-state index in [-0.39, 0.29) is 0 Å². The normalized spacial score (nSPS) is 27.7. The summed E-state index contributed by atoms with van der Waals surface area (Å²) in [6.45, 7) is 8.69. The van der Waals surface area contributed by atoms with Crippen LogP contribution in [0.4, 0.5) is 0 Å². The van der Waals surface area contributed by atoms with Crippen molar-refractivity contribution in [2.24, 2.45) is 17.3 Å². The van der Waals surface area contributed by atoms with Crippen LogP contribution >= 0.6 is 0 Å². The van der Waals surface area contributed by atoms with Gasteiger partial charge in [0.05, 0.1) is 0 Å². The number of hydrogen-bond donors (Lipinski definition) is 0. The van der Waals surface area contributed by atoms with Gasteiger partial charge < -0.3 is 4.79 Å². The van der Waals surface area contributed by atoms with Crippen molar-refractivity contribution in [3.63, 3.8) is 0 Å². The van der Waals surface area contributed by atoms with Crippen LogP contribution in [-0.4, -0.2) is 5.78 Å². The van der Waals surface area contributed by atoms with Crippen molar-refractivity contribution in [1.29, 1.82) is 0 Å². The number of ketones is 1. The third-order valence-corrected chi connectivity index (χ3v) is 3.37. The molecule has 0 spiro atoms. The average molecular weight is 210 g/mol. The molecule has 1 rings (SSSR count). The minimum Gasteiger partial charge on any atom is -0.300 e. The third kappa shape index (κ3) is 5.34. The number of rotatable bonds is 3. The van der Waals surface area contributed by atoms with Crippen molar-refractivity contribution in [3.05, 3.63) is 0 Å². The molecule has 0 aromatic rings. The first kappa shape index (κ1) is 12.7. The van der Waals surface area contributed by atoms with Crippen molar-refractivity contribution in [2.75, 3.05) is 0 Å². The van der Waals surface area contributed by atoms with Crippen molar-refractivity contribution < 1.29 is 4.79 Å². The molecule has 0 radical (unpaired) electrons. The van der Waals surface area contributed by atoms with E-state index in [4.69, 9.17) is 0 Å². The van der Waals surface area contributed by atoms with Gasteiger partial charge in [-0.15, -0.1) is 0 Å². The van der Waals surface area contributed by atoms with E-state index >= 15 is 0 Å². The van der Waals surface area contributed by atoms with Crippen molar-refractivity contribution in [1.82, 2.24) is 0 Å². The van der Waals surface area contributed by atoms with E-state index in [0.29, 0.717) is 17.1 Å². The molecule has 0 aromatic heterocycles. The summed E-state index contributed by atoms with van der Waals surface area (Å²) in [5.74, 6) is 1.92. The lowest BCUT2D eigenvalue weighted by Gasteiger charge is -2.33. The highest BCUT2D eigenvalue weighted by Gasteiger charge is 2.26. The molecule has 15 heavy (non-hydrogen) atoms. The Kier molecular flexibility index (Phi) is 4.36. The molecule has 1 heteroatoms. The van der Waals surface area contributed by atoms with Crippen LogP contribution < -0.4 is 0 Å². The summed E-state index contributed by atoms with van der Waals surface area (Å²) in [7, 11) is 0. The van der Waals surface area contributed by atoms with E-state index in [1.807, 2.05) is 0 Å². The minimum atomic E-state index is 0.372. The molecule has 2 unspecified atom stereocenters. The van der Waals surface area contributed by atoms with E-state index in [0.717, 1.165) is 12.3 Å². The highest BCUT2D eigenvalue weighted by Crippen LogP contribution is 2.37. The predicted octanol–water partition coefficient (Wildman–Crippen LogP) is 4.21. The monoisotopic (exact) mass is 210 g/mol. The summed E-state index contributed by atoms with van der Waals surface area (Å²) in [6, 6.07) is 0. The fraction of sp³-hybridized carbons (Fsp3) is 0.929. The van der Waals surface area contributed by atoms with E-state index in [1.165, 1.54) is 32.1 Å². The van der Waals surface area contributed by atoms with Crippen LogP contribution in [0.25, 0.3) is 0 Å². The second kappa shape index (κ2) is 5.14. The van der Waals surface area contributed by atoms with Crippen LogP contribution in [0.15, 0.2) is 0 Å². The topological polar surface area (TPSA) is 17.1 Å². The number of carbonyl (C=O) groups excluding carboxylic acids is 1.